The number of nitrogens with one attached hydrogen (secondary N) is 1. The highest BCUT2D eigenvalue weighted by Gasteiger charge is 2.21. The molecule has 0 saturated heterocycles. The molecule has 0 radical (unpaired) electrons. The third-order valence-electron chi connectivity index (χ3n) is 3.26. The molecule has 23 heavy (non-hydrogen) atoms. The summed E-state index contributed by atoms with van der Waals surface area (Å²) in [5, 5.41) is 15.2. The Hall–Kier alpha value is -1.89. The van der Waals surface area contributed by atoms with Gasteiger partial charge in [0.2, 0.25) is 11.1 Å². The Morgan fingerprint density at radius 1 is 1.30 bits per heavy atom. The Labute approximate surface area is 141 Å². The molecular formula is C16H23N5OS. The summed E-state index contributed by atoms with van der Waals surface area (Å²) < 4.78 is 1.77. The van der Waals surface area contributed by atoms with Gasteiger partial charge in [0.25, 0.3) is 0 Å². The second kappa shape index (κ2) is 8.67. The average molecular weight is 333 g/mol. The van der Waals surface area contributed by atoms with Gasteiger partial charge in [0.05, 0.1) is 5.25 Å². The smallest absolute Gasteiger partial charge is 0.233 e. The maximum atomic E-state index is 12.4. The Morgan fingerprint density at radius 3 is 2.70 bits per heavy atom. The van der Waals surface area contributed by atoms with Gasteiger partial charge in [-0.3, -0.25) is 4.79 Å². The van der Waals surface area contributed by atoms with E-state index in [1.165, 1.54) is 11.8 Å². The van der Waals surface area contributed by atoms with Gasteiger partial charge in [0.15, 0.2) is 0 Å². The van der Waals surface area contributed by atoms with Gasteiger partial charge in [0, 0.05) is 13.1 Å². The van der Waals surface area contributed by atoms with Crippen molar-refractivity contribution < 1.29 is 4.79 Å². The predicted molar refractivity (Wildman–Crippen MR) is 90.9 cm³/mol. The molecule has 1 aromatic carbocycles. The average Bonchev–Trinajstić information content (AvgIpc) is 2.97. The Morgan fingerprint density at radius 2 is 2.04 bits per heavy atom. The van der Waals surface area contributed by atoms with Crippen LogP contribution in [-0.4, -0.2) is 31.4 Å². The van der Waals surface area contributed by atoms with Crippen LogP contribution in [-0.2, 0) is 17.9 Å². The van der Waals surface area contributed by atoms with Crippen LogP contribution in [0, 0.1) is 5.92 Å². The molecule has 0 aliphatic carbocycles. The third kappa shape index (κ3) is 5.35. The molecule has 0 saturated carbocycles. The molecule has 1 heterocycles. The molecule has 0 bridgehead atoms. The lowest BCUT2D eigenvalue weighted by atomic mass is 10.2. The van der Waals surface area contributed by atoms with Gasteiger partial charge in [-0.05, 0) is 28.3 Å². The fourth-order valence-electron chi connectivity index (χ4n) is 2.09. The molecule has 0 unspecified atom stereocenters. The summed E-state index contributed by atoms with van der Waals surface area (Å²) in [5.74, 6) is 0.463. The van der Waals surface area contributed by atoms with E-state index in [4.69, 9.17) is 0 Å². The largest absolute Gasteiger partial charge is 0.351 e. The van der Waals surface area contributed by atoms with E-state index in [9.17, 15) is 4.79 Å². The molecule has 6 nitrogen and oxygen atoms in total. The van der Waals surface area contributed by atoms with Gasteiger partial charge in [-0.2, -0.15) is 0 Å². The van der Waals surface area contributed by atoms with Crippen LogP contribution in [0.4, 0.5) is 0 Å². The number of hydrogen-bond donors (Lipinski definition) is 1. The number of aromatic nitrogens is 4. The highest BCUT2D eigenvalue weighted by molar-refractivity contribution is 8.00. The highest BCUT2D eigenvalue weighted by atomic mass is 32.2. The molecule has 124 valence electrons. The summed E-state index contributed by atoms with van der Waals surface area (Å²) in [4.78, 5) is 12.4. The van der Waals surface area contributed by atoms with Crippen molar-refractivity contribution in [2.75, 3.05) is 0 Å². The molecule has 2 aromatic rings. The van der Waals surface area contributed by atoms with E-state index in [2.05, 4.69) is 34.7 Å². The molecule has 1 N–H and O–H groups in total. The number of amides is 1. The maximum absolute atomic E-state index is 12.4. The zero-order chi connectivity index (χ0) is 16.7. The zero-order valence-corrected chi connectivity index (χ0v) is 14.6. The lowest BCUT2D eigenvalue weighted by Gasteiger charge is -2.14. The molecule has 0 fully saturated rings. The number of tetrazole rings is 1. The number of thioether (sulfide) groups is 1. The quantitative estimate of drug-likeness (QED) is 0.752. The molecule has 7 heteroatoms. The van der Waals surface area contributed by atoms with Gasteiger partial charge >= 0.3 is 0 Å². The van der Waals surface area contributed by atoms with Crippen molar-refractivity contribution in [2.45, 2.75) is 50.7 Å². The van der Waals surface area contributed by atoms with Crippen LogP contribution < -0.4 is 5.32 Å². The van der Waals surface area contributed by atoms with Crippen LogP contribution >= 0.6 is 11.8 Å². The molecule has 2 rings (SSSR count). The van der Waals surface area contributed by atoms with E-state index in [1.54, 1.807) is 4.68 Å². The number of benzene rings is 1. The summed E-state index contributed by atoms with van der Waals surface area (Å²) >= 11 is 1.42. The van der Waals surface area contributed by atoms with Gasteiger partial charge < -0.3 is 5.32 Å². The Kier molecular flexibility index (Phi) is 6.58. The molecule has 1 amide bonds. The van der Waals surface area contributed by atoms with Gasteiger partial charge in [-0.25, -0.2) is 4.68 Å². The lowest BCUT2D eigenvalue weighted by Crippen LogP contribution is -2.32. The number of rotatable bonds is 8. The van der Waals surface area contributed by atoms with E-state index in [1.807, 2.05) is 37.3 Å². The highest BCUT2D eigenvalue weighted by Crippen LogP contribution is 2.23. The summed E-state index contributed by atoms with van der Waals surface area (Å²) in [6, 6.07) is 9.89. The molecule has 1 atom stereocenters. The van der Waals surface area contributed by atoms with E-state index in [-0.39, 0.29) is 11.2 Å². The van der Waals surface area contributed by atoms with E-state index in [0.29, 0.717) is 17.6 Å². The van der Waals surface area contributed by atoms with Crippen molar-refractivity contribution in [3.05, 3.63) is 35.9 Å². The van der Waals surface area contributed by atoms with Gasteiger partial charge in [0.1, 0.15) is 0 Å². The minimum atomic E-state index is -0.198. The van der Waals surface area contributed by atoms with E-state index in [0.717, 1.165) is 18.5 Å². The van der Waals surface area contributed by atoms with Crippen LogP contribution in [0.5, 0.6) is 0 Å². The summed E-state index contributed by atoms with van der Waals surface area (Å²) in [6.45, 7) is 7.50. The SMILES string of the molecule is CC[C@H](Sc1nnnn1CC(C)C)C(=O)NCc1ccccc1. The van der Waals surface area contributed by atoms with E-state index >= 15 is 0 Å². The number of nitrogens with zero attached hydrogens (tertiary/aromatic N) is 4. The first-order chi connectivity index (χ1) is 11.1. The first-order valence-electron chi connectivity index (χ1n) is 7.84. The predicted octanol–water partition coefficient (Wildman–Crippen LogP) is 2.52. The Balaban J connectivity index is 1.94. The molecule has 0 aliphatic rings. The van der Waals surface area contributed by atoms with Crippen molar-refractivity contribution in [1.82, 2.24) is 25.5 Å². The normalized spacial score (nSPS) is 12.3. The standard InChI is InChI=1S/C16H23N5OS/c1-4-14(15(22)17-10-13-8-6-5-7-9-13)23-16-18-19-20-21(16)11-12(2)3/h5-9,12,14H,4,10-11H2,1-3H3,(H,17,22)/t14-/m0/s1. The minimum absolute atomic E-state index is 0.0143. The van der Waals surface area contributed by atoms with Crippen LogP contribution in [0.3, 0.4) is 0 Å². The lowest BCUT2D eigenvalue weighted by molar-refractivity contribution is -0.120. The van der Waals surface area contributed by atoms with Crippen LogP contribution in [0.1, 0.15) is 32.8 Å². The summed E-state index contributed by atoms with van der Waals surface area (Å²) in [7, 11) is 0. The molecule has 0 aliphatic heterocycles. The second-order valence-corrected chi connectivity index (χ2v) is 6.93. The van der Waals surface area contributed by atoms with Gasteiger partial charge in [-0.1, -0.05) is 62.9 Å². The van der Waals surface area contributed by atoms with Crippen molar-refractivity contribution in [3.8, 4) is 0 Å². The molecule has 0 spiro atoms. The van der Waals surface area contributed by atoms with Crippen LogP contribution in [0.15, 0.2) is 35.5 Å². The first-order valence-corrected chi connectivity index (χ1v) is 8.72. The summed E-state index contributed by atoms with van der Waals surface area (Å²) in [5.41, 5.74) is 1.09. The second-order valence-electron chi connectivity index (χ2n) is 5.76. The zero-order valence-electron chi connectivity index (χ0n) is 13.8. The molecule has 1 aromatic heterocycles. The number of carbonyl (C=O) groups is 1. The van der Waals surface area contributed by atoms with Crippen molar-refractivity contribution in [2.24, 2.45) is 5.92 Å². The fourth-order valence-corrected chi connectivity index (χ4v) is 3.02. The van der Waals surface area contributed by atoms with Crippen LogP contribution in [0.2, 0.25) is 0 Å². The monoisotopic (exact) mass is 333 g/mol. The Bertz CT molecular complexity index is 614. The van der Waals surface area contributed by atoms with E-state index < -0.39 is 0 Å². The topological polar surface area (TPSA) is 72.7 Å². The number of hydrogen-bond acceptors (Lipinski definition) is 5. The fraction of sp³-hybridized carbons (Fsp3) is 0.500. The van der Waals surface area contributed by atoms with Crippen molar-refractivity contribution in [3.63, 3.8) is 0 Å². The number of carbonyl (C=O) groups excluding carboxylic acids is 1. The first kappa shape index (κ1) is 17.5. The van der Waals surface area contributed by atoms with Crippen LogP contribution in [0.25, 0.3) is 0 Å². The van der Waals surface area contributed by atoms with Crippen molar-refractivity contribution in [1.29, 1.82) is 0 Å². The minimum Gasteiger partial charge on any atom is -0.351 e. The summed E-state index contributed by atoms with van der Waals surface area (Å²) in [6.07, 6.45) is 0.722. The van der Waals surface area contributed by atoms with Crippen molar-refractivity contribution >= 4 is 17.7 Å². The molecular weight excluding hydrogens is 310 g/mol. The van der Waals surface area contributed by atoms with Gasteiger partial charge in [-0.15, -0.1) is 5.10 Å². The maximum Gasteiger partial charge on any atom is 0.233 e. The third-order valence-corrected chi connectivity index (χ3v) is 4.59.